The SMILES string of the molecule is CS(=O)(=O)CCNCC1Cc2cc(Br)ccc2O1. The highest BCUT2D eigenvalue weighted by Crippen LogP contribution is 2.30. The molecule has 0 saturated heterocycles. The van der Waals surface area contributed by atoms with Gasteiger partial charge in [0.2, 0.25) is 0 Å². The van der Waals surface area contributed by atoms with E-state index in [1.165, 1.54) is 11.8 Å². The molecule has 0 radical (unpaired) electrons. The summed E-state index contributed by atoms with van der Waals surface area (Å²) >= 11 is 3.43. The van der Waals surface area contributed by atoms with Crippen LogP contribution in [0.4, 0.5) is 0 Å². The molecule has 6 heteroatoms. The quantitative estimate of drug-likeness (QED) is 0.827. The molecule has 1 unspecified atom stereocenters. The average Bonchev–Trinajstić information content (AvgIpc) is 2.65. The summed E-state index contributed by atoms with van der Waals surface area (Å²) in [4.78, 5) is 0. The smallest absolute Gasteiger partial charge is 0.148 e. The zero-order chi connectivity index (χ0) is 13.2. The van der Waals surface area contributed by atoms with Gasteiger partial charge in [-0.15, -0.1) is 0 Å². The second-order valence-corrected chi connectivity index (χ2v) is 7.71. The van der Waals surface area contributed by atoms with Crippen molar-refractivity contribution in [2.45, 2.75) is 12.5 Å². The van der Waals surface area contributed by atoms with Gasteiger partial charge < -0.3 is 10.1 Å². The van der Waals surface area contributed by atoms with Crippen molar-refractivity contribution >= 4 is 25.8 Å². The number of ether oxygens (including phenoxy) is 1. The molecular weight excluding hydrogens is 318 g/mol. The molecule has 4 nitrogen and oxygen atoms in total. The number of rotatable bonds is 5. The first kappa shape index (κ1) is 13.8. The van der Waals surface area contributed by atoms with E-state index in [1.807, 2.05) is 12.1 Å². The fraction of sp³-hybridized carbons (Fsp3) is 0.500. The van der Waals surface area contributed by atoms with E-state index >= 15 is 0 Å². The minimum absolute atomic E-state index is 0.0915. The molecule has 1 aliphatic rings. The van der Waals surface area contributed by atoms with Gasteiger partial charge in [-0.05, 0) is 23.8 Å². The van der Waals surface area contributed by atoms with Crippen LogP contribution in [0, 0.1) is 0 Å². The first-order valence-electron chi connectivity index (χ1n) is 5.77. The number of hydrogen-bond acceptors (Lipinski definition) is 4. The van der Waals surface area contributed by atoms with Crippen molar-refractivity contribution in [3.63, 3.8) is 0 Å². The topological polar surface area (TPSA) is 55.4 Å². The molecule has 2 rings (SSSR count). The fourth-order valence-corrected chi connectivity index (χ4v) is 2.85. The largest absolute Gasteiger partial charge is 0.488 e. The van der Waals surface area contributed by atoms with Gasteiger partial charge in [0.1, 0.15) is 21.7 Å². The van der Waals surface area contributed by atoms with Gasteiger partial charge in [0, 0.05) is 30.2 Å². The van der Waals surface area contributed by atoms with E-state index in [9.17, 15) is 8.42 Å². The van der Waals surface area contributed by atoms with Crippen LogP contribution in [-0.4, -0.2) is 39.6 Å². The van der Waals surface area contributed by atoms with Crippen LogP contribution in [0.25, 0.3) is 0 Å². The van der Waals surface area contributed by atoms with Crippen molar-refractivity contribution in [2.24, 2.45) is 0 Å². The van der Waals surface area contributed by atoms with Crippen molar-refractivity contribution in [3.8, 4) is 5.75 Å². The number of halogens is 1. The predicted molar refractivity (Wildman–Crippen MR) is 74.8 cm³/mol. The van der Waals surface area contributed by atoms with Gasteiger partial charge in [-0.2, -0.15) is 0 Å². The molecular formula is C12H16BrNO3S. The molecule has 0 fully saturated rings. The number of sulfone groups is 1. The number of hydrogen-bond donors (Lipinski definition) is 1. The molecule has 1 N–H and O–H groups in total. The maximum Gasteiger partial charge on any atom is 0.148 e. The van der Waals surface area contributed by atoms with Crippen LogP contribution in [0.5, 0.6) is 5.75 Å². The van der Waals surface area contributed by atoms with Crippen LogP contribution in [0.1, 0.15) is 5.56 Å². The van der Waals surface area contributed by atoms with Gasteiger partial charge in [-0.25, -0.2) is 8.42 Å². The lowest BCUT2D eigenvalue weighted by Gasteiger charge is -2.11. The van der Waals surface area contributed by atoms with Crippen LogP contribution < -0.4 is 10.1 Å². The molecule has 1 aromatic rings. The summed E-state index contributed by atoms with van der Waals surface area (Å²) in [5.41, 5.74) is 1.19. The Morgan fingerprint density at radius 2 is 2.28 bits per heavy atom. The van der Waals surface area contributed by atoms with Crippen LogP contribution in [-0.2, 0) is 16.3 Å². The summed E-state index contributed by atoms with van der Waals surface area (Å²) in [5.74, 6) is 1.09. The normalized spacial score (nSPS) is 18.4. The number of fused-ring (bicyclic) bond motifs is 1. The van der Waals surface area contributed by atoms with E-state index in [4.69, 9.17) is 4.74 Å². The average molecular weight is 334 g/mol. The monoisotopic (exact) mass is 333 g/mol. The third-order valence-electron chi connectivity index (χ3n) is 2.79. The summed E-state index contributed by atoms with van der Waals surface area (Å²) in [7, 11) is -2.89. The van der Waals surface area contributed by atoms with Gasteiger partial charge in [0.15, 0.2) is 0 Å². The third-order valence-corrected chi connectivity index (χ3v) is 4.22. The van der Waals surface area contributed by atoms with Crippen LogP contribution >= 0.6 is 15.9 Å². The molecule has 1 heterocycles. The van der Waals surface area contributed by atoms with E-state index in [0.29, 0.717) is 13.1 Å². The Balaban J connectivity index is 1.78. The molecule has 0 aromatic heterocycles. The lowest BCUT2D eigenvalue weighted by Crippen LogP contribution is -2.33. The molecule has 1 aliphatic heterocycles. The highest BCUT2D eigenvalue weighted by molar-refractivity contribution is 9.10. The van der Waals surface area contributed by atoms with Crippen molar-refractivity contribution in [1.29, 1.82) is 0 Å². The standard InChI is InChI=1S/C12H16BrNO3S/c1-18(15,16)5-4-14-8-11-7-9-6-10(13)2-3-12(9)17-11/h2-3,6,11,14H,4-5,7-8H2,1H3. The number of nitrogens with one attached hydrogen (secondary N) is 1. The summed E-state index contributed by atoms with van der Waals surface area (Å²) in [6, 6.07) is 5.97. The van der Waals surface area contributed by atoms with E-state index in [1.54, 1.807) is 0 Å². The van der Waals surface area contributed by atoms with Gasteiger partial charge >= 0.3 is 0 Å². The van der Waals surface area contributed by atoms with E-state index < -0.39 is 9.84 Å². The van der Waals surface area contributed by atoms with Gasteiger partial charge in [-0.1, -0.05) is 15.9 Å². The number of benzene rings is 1. The van der Waals surface area contributed by atoms with Crippen molar-refractivity contribution < 1.29 is 13.2 Å². The Kier molecular flexibility index (Phi) is 4.29. The van der Waals surface area contributed by atoms with Crippen LogP contribution in [0.2, 0.25) is 0 Å². The fourth-order valence-electron chi connectivity index (χ4n) is 1.92. The third kappa shape index (κ3) is 3.96. The van der Waals surface area contributed by atoms with E-state index in [0.717, 1.165) is 16.6 Å². The zero-order valence-corrected chi connectivity index (χ0v) is 12.6. The van der Waals surface area contributed by atoms with E-state index in [-0.39, 0.29) is 11.9 Å². The maximum absolute atomic E-state index is 11.0. The molecule has 100 valence electrons. The van der Waals surface area contributed by atoms with Crippen molar-refractivity contribution in [3.05, 3.63) is 28.2 Å². The maximum atomic E-state index is 11.0. The molecule has 0 aliphatic carbocycles. The Labute approximate surface area is 116 Å². The second kappa shape index (κ2) is 5.59. The van der Waals surface area contributed by atoms with Gasteiger partial charge in [0.05, 0.1) is 5.75 Å². The first-order chi connectivity index (χ1) is 8.44. The lowest BCUT2D eigenvalue weighted by molar-refractivity contribution is 0.229. The highest BCUT2D eigenvalue weighted by Gasteiger charge is 2.22. The van der Waals surface area contributed by atoms with Crippen LogP contribution in [0.15, 0.2) is 22.7 Å². The molecule has 1 aromatic carbocycles. The summed E-state index contributed by atoms with van der Waals surface area (Å²) in [6.07, 6.45) is 2.20. The first-order valence-corrected chi connectivity index (χ1v) is 8.63. The molecule has 0 bridgehead atoms. The molecule has 0 amide bonds. The summed E-state index contributed by atoms with van der Waals surface area (Å²) in [6.45, 7) is 1.14. The van der Waals surface area contributed by atoms with Crippen molar-refractivity contribution in [1.82, 2.24) is 5.32 Å². The van der Waals surface area contributed by atoms with Gasteiger partial charge in [-0.3, -0.25) is 0 Å². The minimum atomic E-state index is -2.89. The Hall–Kier alpha value is -0.590. The summed E-state index contributed by atoms with van der Waals surface area (Å²) in [5, 5.41) is 3.12. The predicted octanol–water partition coefficient (Wildman–Crippen LogP) is 1.39. The molecule has 0 saturated carbocycles. The van der Waals surface area contributed by atoms with Crippen molar-refractivity contribution in [2.75, 3.05) is 25.1 Å². The minimum Gasteiger partial charge on any atom is -0.488 e. The Morgan fingerprint density at radius 3 is 3.00 bits per heavy atom. The van der Waals surface area contributed by atoms with Crippen LogP contribution in [0.3, 0.4) is 0 Å². The highest BCUT2D eigenvalue weighted by atomic mass is 79.9. The van der Waals surface area contributed by atoms with Gasteiger partial charge in [0.25, 0.3) is 0 Å². The zero-order valence-electron chi connectivity index (χ0n) is 10.1. The molecule has 1 atom stereocenters. The Morgan fingerprint density at radius 1 is 1.50 bits per heavy atom. The molecule has 0 spiro atoms. The second-order valence-electron chi connectivity index (χ2n) is 4.53. The molecule has 18 heavy (non-hydrogen) atoms. The van der Waals surface area contributed by atoms with E-state index in [2.05, 4.69) is 27.3 Å². The summed E-state index contributed by atoms with van der Waals surface area (Å²) < 4.78 is 28.7. The Bertz CT molecular complexity index is 530. The lowest BCUT2D eigenvalue weighted by atomic mass is 10.1.